The third kappa shape index (κ3) is 6.79. The molecule has 1 saturated heterocycles. The fraction of sp³-hybridized carbons (Fsp3) is 0.242. The lowest BCUT2D eigenvalue weighted by atomic mass is 9.96. The maximum absolute atomic E-state index is 13.7. The summed E-state index contributed by atoms with van der Waals surface area (Å²) >= 11 is 0. The number of anilines is 1. The minimum absolute atomic E-state index is 0.149. The zero-order chi connectivity index (χ0) is 32.4. The Morgan fingerprint density at radius 3 is 2.02 bits per heavy atom. The van der Waals surface area contributed by atoms with E-state index in [0.29, 0.717) is 48.9 Å². The molecule has 6 rings (SSSR count). The van der Waals surface area contributed by atoms with E-state index in [2.05, 4.69) is 24.9 Å². The van der Waals surface area contributed by atoms with Crippen LogP contribution in [-0.4, -0.2) is 68.7 Å². The number of rotatable bonds is 8. The number of carbonyl (C=O) groups excluding carboxylic acids is 1. The second kappa shape index (κ2) is 12.8. The highest BCUT2D eigenvalue weighted by Crippen LogP contribution is 2.33. The molecule has 1 atom stereocenters. The molecule has 0 bridgehead atoms. The van der Waals surface area contributed by atoms with E-state index in [9.17, 15) is 26.7 Å². The van der Waals surface area contributed by atoms with Crippen molar-refractivity contribution in [3.8, 4) is 17.0 Å². The van der Waals surface area contributed by atoms with E-state index in [-0.39, 0.29) is 29.3 Å². The van der Waals surface area contributed by atoms with Gasteiger partial charge in [0.25, 0.3) is 0 Å². The average molecular weight is 637 g/mol. The summed E-state index contributed by atoms with van der Waals surface area (Å²) in [6.45, 7) is 3.63. The number of nitrogens with zero attached hydrogens (tertiary/aromatic N) is 5. The van der Waals surface area contributed by atoms with Gasteiger partial charge in [0.2, 0.25) is 5.91 Å². The van der Waals surface area contributed by atoms with Gasteiger partial charge in [-0.25, -0.2) is 13.8 Å². The number of hydrogen-bond donors (Lipinski definition) is 1. The summed E-state index contributed by atoms with van der Waals surface area (Å²) in [6, 6.07) is 16.8. The van der Waals surface area contributed by atoms with Crippen LogP contribution in [0.2, 0.25) is 0 Å². The molecule has 46 heavy (non-hydrogen) atoms. The fourth-order valence-corrected chi connectivity index (χ4v) is 5.71. The molecule has 3 aromatic carbocycles. The van der Waals surface area contributed by atoms with Crippen LogP contribution in [0.15, 0.2) is 91.4 Å². The summed E-state index contributed by atoms with van der Waals surface area (Å²) in [5.41, 5.74) is 3.14. The summed E-state index contributed by atoms with van der Waals surface area (Å²) in [4.78, 5) is 26.3. The van der Waals surface area contributed by atoms with Gasteiger partial charge in [0.05, 0.1) is 12.2 Å². The molecule has 3 heterocycles. The first-order valence-electron chi connectivity index (χ1n) is 14.5. The van der Waals surface area contributed by atoms with E-state index < -0.39 is 12.4 Å². The number of aromatic nitrogens is 3. The lowest BCUT2D eigenvalue weighted by Gasteiger charge is -2.40. The molecular formula is C33H29F5N6O2. The Morgan fingerprint density at radius 2 is 1.46 bits per heavy atom. The number of halogens is 5. The third-order valence-corrected chi connectivity index (χ3v) is 7.88. The number of nitrogens with one attached hydrogen (secondary N) is 1. The number of ether oxygens (including phenoxy) is 1. The molecule has 2 aromatic heterocycles. The normalized spacial score (nSPS) is 14.9. The lowest BCUT2D eigenvalue weighted by molar-refractivity contribution is -0.274. The first-order valence-corrected chi connectivity index (χ1v) is 14.5. The maximum atomic E-state index is 13.7. The van der Waals surface area contributed by atoms with Crippen LogP contribution in [0, 0.1) is 11.6 Å². The smallest absolute Gasteiger partial charge is 0.406 e. The largest absolute Gasteiger partial charge is 0.573 e. The second-order valence-electron chi connectivity index (χ2n) is 10.9. The van der Waals surface area contributed by atoms with Gasteiger partial charge in [-0.3, -0.25) is 19.1 Å². The van der Waals surface area contributed by atoms with Crippen molar-refractivity contribution < 1.29 is 31.5 Å². The zero-order valence-corrected chi connectivity index (χ0v) is 24.6. The van der Waals surface area contributed by atoms with E-state index in [1.54, 1.807) is 59.1 Å². The molecule has 1 unspecified atom stereocenters. The van der Waals surface area contributed by atoms with E-state index in [1.165, 1.54) is 48.5 Å². The van der Waals surface area contributed by atoms with Gasteiger partial charge in [-0.2, -0.15) is 0 Å². The topological polar surface area (TPSA) is 75.0 Å². The van der Waals surface area contributed by atoms with E-state index >= 15 is 0 Å². The van der Waals surface area contributed by atoms with Gasteiger partial charge in [0, 0.05) is 44.1 Å². The van der Waals surface area contributed by atoms with Gasteiger partial charge >= 0.3 is 6.36 Å². The van der Waals surface area contributed by atoms with Crippen LogP contribution in [-0.2, 0) is 4.79 Å². The number of carbonyl (C=O) groups is 1. The standard InChI is InChI=1S/C33H29F5N6O2/c1-21(40-31-29(41-28-20-39-14-15-44(28)31)22-6-12-27(13-7-22)46-33(36,37)38)32(45)43-18-16-42(17-19-43)30(23-2-8-25(34)9-3-23)24-4-10-26(35)11-5-24/h2-15,20-21,30,40H,16-19H2,1H3. The minimum atomic E-state index is -4.81. The molecular weight excluding hydrogens is 607 g/mol. The fourth-order valence-electron chi connectivity index (χ4n) is 5.71. The van der Waals surface area contributed by atoms with Gasteiger partial charge < -0.3 is 15.0 Å². The van der Waals surface area contributed by atoms with E-state index in [1.807, 2.05) is 0 Å². The van der Waals surface area contributed by atoms with Crippen molar-refractivity contribution in [2.45, 2.75) is 25.4 Å². The van der Waals surface area contributed by atoms with Gasteiger partial charge in [0.15, 0.2) is 5.65 Å². The van der Waals surface area contributed by atoms with Gasteiger partial charge in [-0.05, 0) is 66.6 Å². The Kier molecular flexibility index (Phi) is 8.59. The summed E-state index contributed by atoms with van der Waals surface area (Å²) in [7, 11) is 0. The Balaban J connectivity index is 1.18. The molecule has 0 radical (unpaired) electrons. The highest BCUT2D eigenvalue weighted by atomic mass is 19.4. The van der Waals surface area contributed by atoms with E-state index in [4.69, 9.17) is 0 Å². The van der Waals surface area contributed by atoms with Crippen molar-refractivity contribution in [1.29, 1.82) is 0 Å². The van der Waals surface area contributed by atoms with Crippen LogP contribution in [0.5, 0.6) is 5.75 Å². The molecule has 13 heteroatoms. The summed E-state index contributed by atoms with van der Waals surface area (Å²) in [6.07, 6.45) is -0.0299. The van der Waals surface area contributed by atoms with Crippen LogP contribution in [0.25, 0.3) is 16.9 Å². The molecule has 1 N–H and O–H groups in total. The van der Waals surface area contributed by atoms with Crippen LogP contribution >= 0.6 is 0 Å². The molecule has 8 nitrogen and oxygen atoms in total. The number of hydrogen-bond acceptors (Lipinski definition) is 6. The molecule has 1 fully saturated rings. The Morgan fingerprint density at radius 1 is 0.870 bits per heavy atom. The van der Waals surface area contributed by atoms with Crippen molar-refractivity contribution in [2.24, 2.45) is 0 Å². The molecule has 0 spiro atoms. The predicted molar refractivity (Wildman–Crippen MR) is 161 cm³/mol. The summed E-state index contributed by atoms with van der Waals surface area (Å²) in [5, 5.41) is 3.26. The molecule has 1 aliphatic heterocycles. The summed E-state index contributed by atoms with van der Waals surface area (Å²) in [5.74, 6) is -0.731. The van der Waals surface area contributed by atoms with E-state index in [0.717, 1.165) is 11.1 Å². The first kappa shape index (κ1) is 31.0. The molecule has 1 amide bonds. The Labute approximate surface area is 261 Å². The van der Waals surface area contributed by atoms with Gasteiger partial charge in [-0.1, -0.05) is 24.3 Å². The average Bonchev–Trinajstić information content (AvgIpc) is 3.40. The molecule has 5 aromatic rings. The van der Waals surface area contributed by atoms with Crippen LogP contribution in [0.4, 0.5) is 27.8 Å². The van der Waals surface area contributed by atoms with Crippen LogP contribution < -0.4 is 10.1 Å². The van der Waals surface area contributed by atoms with Crippen LogP contribution in [0.3, 0.4) is 0 Å². The molecule has 1 aliphatic rings. The van der Waals surface area contributed by atoms with Crippen molar-refractivity contribution in [3.05, 3.63) is 114 Å². The molecule has 0 saturated carbocycles. The predicted octanol–water partition coefficient (Wildman–Crippen LogP) is 6.31. The van der Waals surface area contributed by atoms with Crippen molar-refractivity contribution in [1.82, 2.24) is 24.2 Å². The second-order valence-corrected chi connectivity index (χ2v) is 10.9. The lowest BCUT2D eigenvalue weighted by Crippen LogP contribution is -2.53. The number of piperazine rings is 1. The van der Waals surface area contributed by atoms with Crippen molar-refractivity contribution in [3.63, 3.8) is 0 Å². The number of amides is 1. The highest BCUT2D eigenvalue weighted by molar-refractivity contribution is 5.86. The monoisotopic (exact) mass is 636 g/mol. The Bertz CT molecular complexity index is 1760. The van der Waals surface area contributed by atoms with Crippen molar-refractivity contribution >= 4 is 17.4 Å². The van der Waals surface area contributed by atoms with Gasteiger partial charge in [-0.15, -0.1) is 13.2 Å². The maximum Gasteiger partial charge on any atom is 0.573 e. The van der Waals surface area contributed by atoms with Crippen LogP contribution in [0.1, 0.15) is 24.1 Å². The van der Waals surface area contributed by atoms with Crippen molar-refractivity contribution in [2.75, 3.05) is 31.5 Å². The number of imidazole rings is 1. The third-order valence-electron chi connectivity index (χ3n) is 7.88. The molecule has 238 valence electrons. The quantitative estimate of drug-likeness (QED) is 0.202. The zero-order valence-electron chi connectivity index (χ0n) is 24.6. The number of fused-ring (bicyclic) bond motifs is 1. The number of benzene rings is 3. The van der Waals surface area contributed by atoms with Gasteiger partial charge in [0.1, 0.15) is 34.9 Å². The molecule has 0 aliphatic carbocycles. The summed E-state index contributed by atoms with van der Waals surface area (Å²) < 4.78 is 71.1. The highest BCUT2D eigenvalue weighted by Gasteiger charge is 2.32. The minimum Gasteiger partial charge on any atom is -0.406 e. The first-order chi connectivity index (χ1) is 22.1. The number of alkyl halides is 3. The SMILES string of the molecule is CC(Nc1c(-c2ccc(OC(F)(F)F)cc2)nc2cnccn12)C(=O)N1CCN(C(c2ccc(F)cc2)c2ccc(F)cc2)CC1. The Hall–Kier alpha value is -5.04.